The lowest BCUT2D eigenvalue weighted by Gasteiger charge is -2.26. The zero-order chi connectivity index (χ0) is 16.4. The third-order valence-corrected chi connectivity index (χ3v) is 5.42. The molecule has 0 fully saturated rings. The lowest BCUT2D eigenvalue weighted by atomic mass is 9.94. The summed E-state index contributed by atoms with van der Waals surface area (Å²) in [7, 11) is 2.03. The fourth-order valence-electron chi connectivity index (χ4n) is 2.69. The molecule has 1 aliphatic rings. The Morgan fingerprint density at radius 2 is 2.26 bits per heavy atom. The largest absolute Gasteiger partial charge is 0.368 e. The van der Waals surface area contributed by atoms with E-state index in [1.807, 2.05) is 19.5 Å². The third kappa shape index (κ3) is 3.60. The molecule has 3 rings (SSSR count). The first-order valence-corrected chi connectivity index (χ1v) is 9.02. The van der Waals surface area contributed by atoms with Crippen molar-refractivity contribution >= 4 is 35.0 Å². The number of halogens is 1. The second-order valence-corrected chi connectivity index (χ2v) is 7.54. The van der Waals surface area contributed by atoms with Crippen LogP contribution in [-0.4, -0.2) is 31.4 Å². The molecule has 1 aromatic carbocycles. The molecule has 1 aromatic heterocycles. The van der Waals surface area contributed by atoms with Crippen LogP contribution in [0.15, 0.2) is 29.3 Å². The maximum Gasteiger partial charge on any atom is 0.117 e. The van der Waals surface area contributed by atoms with Gasteiger partial charge in [-0.2, -0.15) is 0 Å². The van der Waals surface area contributed by atoms with Crippen LogP contribution >= 0.6 is 22.9 Å². The van der Waals surface area contributed by atoms with E-state index in [9.17, 15) is 0 Å². The molecule has 1 atom stereocenters. The fraction of sp³-hybridized carbons (Fsp3) is 0.389. The van der Waals surface area contributed by atoms with Crippen molar-refractivity contribution in [2.24, 2.45) is 4.99 Å². The van der Waals surface area contributed by atoms with Gasteiger partial charge in [0.1, 0.15) is 6.10 Å². The minimum Gasteiger partial charge on any atom is -0.368 e. The van der Waals surface area contributed by atoms with E-state index in [2.05, 4.69) is 41.9 Å². The Balaban J connectivity index is 1.95. The zero-order valence-corrected chi connectivity index (χ0v) is 15.2. The second kappa shape index (κ2) is 7.04. The van der Waals surface area contributed by atoms with Crippen LogP contribution in [0.3, 0.4) is 0 Å². The van der Waals surface area contributed by atoms with Crippen molar-refractivity contribution in [1.82, 2.24) is 4.90 Å². The van der Waals surface area contributed by atoms with E-state index < -0.39 is 0 Å². The van der Waals surface area contributed by atoms with Crippen LogP contribution in [0.1, 0.15) is 34.6 Å². The predicted molar refractivity (Wildman–Crippen MR) is 98.5 cm³/mol. The van der Waals surface area contributed by atoms with E-state index in [0.717, 1.165) is 34.5 Å². The monoisotopic (exact) mass is 348 g/mol. The highest BCUT2D eigenvalue weighted by Crippen LogP contribution is 2.39. The Morgan fingerprint density at radius 3 is 2.96 bits per heavy atom. The summed E-state index contributed by atoms with van der Waals surface area (Å²) in [6.07, 6.45) is 2.81. The Hall–Kier alpha value is -1.36. The molecule has 3 nitrogen and oxygen atoms in total. The molecule has 0 radical (unpaired) electrons. The van der Waals surface area contributed by atoms with Crippen LogP contribution in [0.25, 0.3) is 0 Å². The second-order valence-electron chi connectivity index (χ2n) is 5.80. The van der Waals surface area contributed by atoms with E-state index in [1.54, 1.807) is 11.3 Å². The van der Waals surface area contributed by atoms with E-state index in [-0.39, 0.29) is 6.10 Å². The first-order chi connectivity index (χ1) is 11.1. The number of ether oxygens (including phenoxy) is 1. The number of fused-ring (bicyclic) bond motifs is 1. The standard InChI is InChI=1S/C18H21ClN2OS/c1-4-21(3)11-20-15-10-13-7-8-22-18(14(13)9-12(15)2)16-5-6-17(19)23-16/h5-6,9-11,18H,4,7-8H2,1-3H3/b20-11+. The fourth-order valence-corrected chi connectivity index (χ4v) is 3.81. The van der Waals surface area contributed by atoms with Crippen LogP contribution in [0.5, 0.6) is 0 Å². The number of benzene rings is 1. The summed E-state index contributed by atoms with van der Waals surface area (Å²) in [4.78, 5) is 7.86. The normalized spacial score (nSPS) is 17.5. The van der Waals surface area contributed by atoms with Gasteiger partial charge in [-0.05, 0) is 55.2 Å². The zero-order valence-electron chi connectivity index (χ0n) is 13.7. The van der Waals surface area contributed by atoms with Gasteiger partial charge in [-0.15, -0.1) is 11.3 Å². The number of hydrogen-bond donors (Lipinski definition) is 0. The van der Waals surface area contributed by atoms with Crippen molar-refractivity contribution < 1.29 is 4.74 Å². The van der Waals surface area contributed by atoms with E-state index in [4.69, 9.17) is 16.3 Å². The van der Waals surface area contributed by atoms with Crippen molar-refractivity contribution in [3.8, 4) is 0 Å². The van der Waals surface area contributed by atoms with Gasteiger partial charge in [-0.25, -0.2) is 4.99 Å². The van der Waals surface area contributed by atoms with Crippen LogP contribution in [0.4, 0.5) is 5.69 Å². The van der Waals surface area contributed by atoms with E-state index >= 15 is 0 Å². The van der Waals surface area contributed by atoms with Gasteiger partial charge in [0.25, 0.3) is 0 Å². The molecule has 0 spiro atoms. The molecule has 23 heavy (non-hydrogen) atoms. The number of aliphatic imine (C=N–C) groups is 1. The maximum atomic E-state index is 6.09. The van der Waals surface area contributed by atoms with Crippen molar-refractivity contribution in [2.75, 3.05) is 20.2 Å². The van der Waals surface area contributed by atoms with Crippen molar-refractivity contribution in [3.63, 3.8) is 0 Å². The van der Waals surface area contributed by atoms with Gasteiger partial charge in [0.2, 0.25) is 0 Å². The van der Waals surface area contributed by atoms with Crippen LogP contribution < -0.4 is 0 Å². The molecule has 5 heteroatoms. The molecule has 2 heterocycles. The van der Waals surface area contributed by atoms with Crippen LogP contribution in [0, 0.1) is 6.92 Å². The maximum absolute atomic E-state index is 6.09. The Morgan fingerprint density at radius 1 is 1.43 bits per heavy atom. The average molecular weight is 349 g/mol. The topological polar surface area (TPSA) is 24.8 Å². The molecule has 0 amide bonds. The summed E-state index contributed by atoms with van der Waals surface area (Å²) in [5.74, 6) is 0. The molecule has 0 aliphatic carbocycles. The summed E-state index contributed by atoms with van der Waals surface area (Å²) in [6, 6.07) is 8.41. The highest BCUT2D eigenvalue weighted by Gasteiger charge is 2.25. The van der Waals surface area contributed by atoms with Crippen molar-refractivity contribution in [1.29, 1.82) is 0 Å². The van der Waals surface area contributed by atoms with Gasteiger partial charge in [-0.1, -0.05) is 17.7 Å². The number of thiophene rings is 1. The van der Waals surface area contributed by atoms with Crippen LogP contribution in [0.2, 0.25) is 4.34 Å². The molecule has 0 saturated heterocycles. The summed E-state index contributed by atoms with van der Waals surface area (Å²) < 4.78 is 6.82. The number of nitrogens with zero attached hydrogens (tertiary/aromatic N) is 2. The summed E-state index contributed by atoms with van der Waals surface area (Å²) in [5.41, 5.74) is 4.77. The van der Waals surface area contributed by atoms with Crippen molar-refractivity contribution in [3.05, 3.63) is 50.2 Å². The Labute approximate surface area is 146 Å². The quantitative estimate of drug-likeness (QED) is 0.574. The van der Waals surface area contributed by atoms with Crippen LogP contribution in [-0.2, 0) is 11.2 Å². The van der Waals surface area contributed by atoms with Crippen molar-refractivity contribution in [2.45, 2.75) is 26.4 Å². The lowest BCUT2D eigenvalue weighted by molar-refractivity contribution is 0.0721. The van der Waals surface area contributed by atoms with Gasteiger partial charge in [0, 0.05) is 18.5 Å². The molecule has 2 aromatic rings. The smallest absolute Gasteiger partial charge is 0.117 e. The van der Waals surface area contributed by atoms with Gasteiger partial charge < -0.3 is 9.64 Å². The van der Waals surface area contributed by atoms with Gasteiger partial charge in [0.15, 0.2) is 0 Å². The molecule has 122 valence electrons. The Bertz CT molecular complexity index is 726. The van der Waals surface area contributed by atoms with E-state index in [1.165, 1.54) is 16.7 Å². The minimum atomic E-state index is -0.00806. The molecular weight excluding hydrogens is 328 g/mol. The molecule has 1 aliphatic heterocycles. The van der Waals surface area contributed by atoms with Gasteiger partial charge in [-0.3, -0.25) is 0 Å². The number of hydrogen-bond acceptors (Lipinski definition) is 3. The van der Waals surface area contributed by atoms with Gasteiger partial charge in [0.05, 0.1) is 23.0 Å². The molecule has 0 N–H and O–H groups in total. The summed E-state index contributed by atoms with van der Waals surface area (Å²) in [6.45, 7) is 5.89. The molecule has 1 unspecified atom stereocenters. The minimum absolute atomic E-state index is 0.00806. The summed E-state index contributed by atoms with van der Waals surface area (Å²) in [5, 5.41) is 0. The lowest BCUT2D eigenvalue weighted by Crippen LogP contribution is -2.17. The van der Waals surface area contributed by atoms with Gasteiger partial charge >= 0.3 is 0 Å². The number of aryl methyl sites for hydroxylation is 1. The molecular formula is C18H21ClN2OS. The first kappa shape index (κ1) is 16.5. The number of rotatable bonds is 4. The average Bonchev–Trinajstić information content (AvgIpc) is 2.98. The summed E-state index contributed by atoms with van der Waals surface area (Å²) >= 11 is 7.68. The SMILES string of the molecule is CCN(C)/C=N/c1cc2c(cc1C)C(c1ccc(Cl)s1)OCC2. The first-order valence-electron chi connectivity index (χ1n) is 7.83. The highest BCUT2D eigenvalue weighted by molar-refractivity contribution is 7.16. The third-order valence-electron chi connectivity index (χ3n) is 4.14. The predicted octanol–water partition coefficient (Wildman–Crippen LogP) is 4.98. The molecule has 0 bridgehead atoms. The van der Waals surface area contributed by atoms with E-state index in [0.29, 0.717) is 0 Å². The highest BCUT2D eigenvalue weighted by atomic mass is 35.5. The molecule has 0 saturated carbocycles. The Kier molecular flexibility index (Phi) is 5.05.